The summed E-state index contributed by atoms with van der Waals surface area (Å²) >= 11 is 0. The number of anilines is 3. The van der Waals surface area contributed by atoms with Crippen molar-refractivity contribution in [2.75, 3.05) is 38.5 Å². The number of hydrogen-bond acceptors (Lipinski definition) is 8. The van der Waals surface area contributed by atoms with Crippen molar-refractivity contribution in [1.29, 1.82) is 0 Å². The van der Waals surface area contributed by atoms with Crippen LogP contribution in [0.25, 0.3) is 0 Å². The molecule has 0 bridgehead atoms. The van der Waals surface area contributed by atoms with Gasteiger partial charge in [-0.3, -0.25) is 0 Å². The number of nitrogens with zero attached hydrogens (tertiary/aromatic N) is 3. The highest BCUT2D eigenvalue weighted by atomic mass is 16.5. The fourth-order valence-corrected chi connectivity index (χ4v) is 2.60. The van der Waals surface area contributed by atoms with Gasteiger partial charge >= 0.3 is 0 Å². The molecule has 1 heterocycles. The molecule has 0 atom stereocenters. The first kappa shape index (κ1) is 19.2. The summed E-state index contributed by atoms with van der Waals surface area (Å²) in [5.41, 5.74) is 1.90. The van der Waals surface area contributed by atoms with E-state index in [4.69, 9.17) is 14.2 Å². The Hall–Kier alpha value is -3.55. The monoisotopic (exact) mass is 381 g/mol. The molecule has 3 aromatic rings. The van der Waals surface area contributed by atoms with Crippen molar-refractivity contribution in [2.24, 2.45) is 0 Å². The lowest BCUT2D eigenvalue weighted by Crippen LogP contribution is -2.09. The molecule has 0 aliphatic rings. The molecule has 3 rings (SSSR count). The number of aromatic nitrogens is 3. The van der Waals surface area contributed by atoms with E-state index < -0.39 is 0 Å². The van der Waals surface area contributed by atoms with Gasteiger partial charge in [0.1, 0.15) is 17.2 Å². The lowest BCUT2D eigenvalue weighted by Gasteiger charge is -2.12. The Kier molecular flexibility index (Phi) is 6.46. The van der Waals surface area contributed by atoms with Crippen LogP contribution in [0, 0.1) is 0 Å². The molecule has 0 aliphatic heterocycles. The first-order valence-corrected chi connectivity index (χ1v) is 8.77. The summed E-state index contributed by atoms with van der Waals surface area (Å²) in [5, 5.41) is 14.4. The standard InChI is InChI=1S/C20H23N5O3/c1-26-15-6-4-14(5-7-15)10-11-21-19-13-22-25-20(24-19)23-17-12-16(27-2)8-9-18(17)28-3/h4-9,12-13H,10-11H2,1-3H3,(H2,21,23,24,25). The zero-order valence-corrected chi connectivity index (χ0v) is 16.1. The molecule has 0 aliphatic carbocycles. The van der Waals surface area contributed by atoms with Gasteiger partial charge in [0, 0.05) is 12.6 Å². The predicted octanol–water partition coefficient (Wildman–Crippen LogP) is 3.30. The number of ether oxygens (including phenoxy) is 3. The van der Waals surface area contributed by atoms with Crippen molar-refractivity contribution >= 4 is 17.5 Å². The van der Waals surface area contributed by atoms with Crippen LogP contribution in [0.4, 0.5) is 17.5 Å². The number of nitrogens with one attached hydrogen (secondary N) is 2. The minimum absolute atomic E-state index is 0.362. The summed E-state index contributed by atoms with van der Waals surface area (Å²) < 4.78 is 15.8. The Labute approximate surface area is 163 Å². The fraction of sp³-hybridized carbons (Fsp3) is 0.250. The number of rotatable bonds is 9. The van der Waals surface area contributed by atoms with Crippen LogP contribution in [0.3, 0.4) is 0 Å². The molecule has 146 valence electrons. The maximum Gasteiger partial charge on any atom is 0.249 e. The van der Waals surface area contributed by atoms with Gasteiger partial charge in [-0.15, -0.1) is 5.10 Å². The van der Waals surface area contributed by atoms with Gasteiger partial charge in [0.2, 0.25) is 5.95 Å². The first-order chi connectivity index (χ1) is 13.7. The maximum atomic E-state index is 5.36. The molecule has 0 radical (unpaired) electrons. The Balaban J connectivity index is 1.62. The van der Waals surface area contributed by atoms with Crippen LogP contribution in [0.15, 0.2) is 48.7 Å². The molecule has 1 aromatic heterocycles. The summed E-state index contributed by atoms with van der Waals surface area (Å²) in [6.07, 6.45) is 2.43. The van der Waals surface area contributed by atoms with Gasteiger partial charge in [-0.05, 0) is 36.2 Å². The smallest absolute Gasteiger partial charge is 0.249 e. The van der Waals surface area contributed by atoms with E-state index in [9.17, 15) is 0 Å². The fourth-order valence-electron chi connectivity index (χ4n) is 2.60. The molecule has 0 saturated carbocycles. The third-order valence-corrected chi connectivity index (χ3v) is 4.09. The van der Waals surface area contributed by atoms with Crippen molar-refractivity contribution in [3.05, 3.63) is 54.2 Å². The van der Waals surface area contributed by atoms with E-state index in [0.29, 0.717) is 35.5 Å². The van der Waals surface area contributed by atoms with Crippen molar-refractivity contribution in [2.45, 2.75) is 6.42 Å². The van der Waals surface area contributed by atoms with Gasteiger partial charge in [-0.1, -0.05) is 12.1 Å². The van der Waals surface area contributed by atoms with Crippen LogP contribution in [0.5, 0.6) is 17.2 Å². The molecule has 28 heavy (non-hydrogen) atoms. The SMILES string of the molecule is COc1ccc(CCNc2cnnc(Nc3cc(OC)ccc3OC)n2)cc1. The summed E-state index contributed by atoms with van der Waals surface area (Å²) in [6, 6.07) is 13.4. The highest BCUT2D eigenvalue weighted by Gasteiger charge is 2.08. The lowest BCUT2D eigenvalue weighted by molar-refractivity contribution is 0.405. The second kappa shape index (κ2) is 9.40. The number of methoxy groups -OCH3 is 3. The van der Waals surface area contributed by atoms with Crippen molar-refractivity contribution in [3.63, 3.8) is 0 Å². The third-order valence-electron chi connectivity index (χ3n) is 4.09. The van der Waals surface area contributed by atoms with E-state index in [2.05, 4.69) is 25.8 Å². The molecule has 0 amide bonds. The lowest BCUT2D eigenvalue weighted by atomic mass is 10.1. The predicted molar refractivity (Wildman–Crippen MR) is 108 cm³/mol. The van der Waals surface area contributed by atoms with E-state index in [1.54, 1.807) is 27.5 Å². The van der Waals surface area contributed by atoms with Gasteiger partial charge in [-0.25, -0.2) is 0 Å². The maximum absolute atomic E-state index is 5.36. The second-order valence-corrected chi connectivity index (χ2v) is 5.88. The van der Waals surface area contributed by atoms with Crippen LogP contribution in [0.2, 0.25) is 0 Å². The number of hydrogen-bond donors (Lipinski definition) is 2. The quantitative estimate of drug-likeness (QED) is 0.583. The van der Waals surface area contributed by atoms with Gasteiger partial charge < -0.3 is 24.8 Å². The molecular formula is C20H23N5O3. The van der Waals surface area contributed by atoms with Gasteiger partial charge in [0.25, 0.3) is 0 Å². The van der Waals surface area contributed by atoms with E-state index in [1.165, 1.54) is 5.56 Å². The van der Waals surface area contributed by atoms with Crippen molar-refractivity contribution < 1.29 is 14.2 Å². The number of benzene rings is 2. The summed E-state index contributed by atoms with van der Waals surface area (Å²) in [6.45, 7) is 0.715. The van der Waals surface area contributed by atoms with Crippen LogP contribution < -0.4 is 24.8 Å². The molecule has 0 fully saturated rings. The van der Waals surface area contributed by atoms with Gasteiger partial charge in [0.15, 0.2) is 5.82 Å². The molecule has 8 heteroatoms. The molecule has 0 spiro atoms. The van der Waals surface area contributed by atoms with Crippen LogP contribution in [-0.4, -0.2) is 43.1 Å². The van der Waals surface area contributed by atoms with E-state index in [1.807, 2.05) is 42.5 Å². The van der Waals surface area contributed by atoms with Gasteiger partial charge in [-0.2, -0.15) is 10.1 Å². The molecule has 2 N–H and O–H groups in total. The molecule has 0 saturated heterocycles. The molecule has 2 aromatic carbocycles. The van der Waals surface area contributed by atoms with E-state index >= 15 is 0 Å². The normalized spacial score (nSPS) is 10.2. The molecule has 0 unspecified atom stereocenters. The molecule has 8 nitrogen and oxygen atoms in total. The minimum atomic E-state index is 0.362. The largest absolute Gasteiger partial charge is 0.497 e. The Morgan fingerprint density at radius 2 is 1.64 bits per heavy atom. The highest BCUT2D eigenvalue weighted by molar-refractivity contribution is 5.65. The Bertz CT molecular complexity index is 903. The second-order valence-electron chi connectivity index (χ2n) is 5.88. The average molecular weight is 381 g/mol. The van der Waals surface area contributed by atoms with Crippen LogP contribution in [0.1, 0.15) is 5.56 Å². The van der Waals surface area contributed by atoms with Gasteiger partial charge in [0.05, 0.1) is 33.2 Å². The van der Waals surface area contributed by atoms with Crippen molar-refractivity contribution in [1.82, 2.24) is 15.2 Å². The van der Waals surface area contributed by atoms with Crippen LogP contribution in [-0.2, 0) is 6.42 Å². The summed E-state index contributed by atoms with van der Waals surface area (Å²) in [5.74, 6) is 3.20. The Morgan fingerprint density at radius 3 is 2.36 bits per heavy atom. The summed E-state index contributed by atoms with van der Waals surface area (Å²) in [4.78, 5) is 4.45. The first-order valence-electron chi connectivity index (χ1n) is 8.77. The van der Waals surface area contributed by atoms with E-state index in [-0.39, 0.29) is 0 Å². The highest BCUT2D eigenvalue weighted by Crippen LogP contribution is 2.30. The zero-order chi connectivity index (χ0) is 19.8. The van der Waals surface area contributed by atoms with Crippen LogP contribution >= 0.6 is 0 Å². The zero-order valence-electron chi connectivity index (χ0n) is 16.1. The Morgan fingerprint density at radius 1 is 0.893 bits per heavy atom. The van der Waals surface area contributed by atoms with E-state index in [0.717, 1.165) is 12.2 Å². The molecular weight excluding hydrogens is 358 g/mol. The average Bonchev–Trinajstić information content (AvgIpc) is 2.74. The topological polar surface area (TPSA) is 90.4 Å². The minimum Gasteiger partial charge on any atom is -0.497 e. The third kappa shape index (κ3) is 5.00. The summed E-state index contributed by atoms with van der Waals surface area (Å²) in [7, 11) is 4.87. The van der Waals surface area contributed by atoms with Crippen molar-refractivity contribution in [3.8, 4) is 17.2 Å².